The largest absolute Gasteiger partial charge is 0.383 e. The molecule has 0 spiro atoms. The summed E-state index contributed by atoms with van der Waals surface area (Å²) in [6.45, 7) is 7.31. The molecule has 1 aromatic rings. The maximum atomic E-state index is 14.1. The molecule has 0 aliphatic rings. The lowest BCUT2D eigenvalue weighted by Gasteiger charge is -2.24. The van der Waals surface area contributed by atoms with Crippen molar-refractivity contribution in [1.29, 1.82) is 0 Å². The molecular formula is C16H27FN2O. The number of nitrogens with zero attached hydrogens (tertiary/aromatic N) is 1. The van der Waals surface area contributed by atoms with E-state index in [0.717, 1.165) is 25.1 Å². The number of nitrogens with one attached hydrogen (secondary N) is 1. The van der Waals surface area contributed by atoms with Crippen LogP contribution in [0, 0.1) is 11.7 Å². The molecule has 1 N–H and O–H groups in total. The molecule has 1 aromatic carbocycles. The second-order valence-corrected chi connectivity index (χ2v) is 5.52. The van der Waals surface area contributed by atoms with Gasteiger partial charge in [-0.05, 0) is 24.0 Å². The molecular weight excluding hydrogens is 255 g/mol. The van der Waals surface area contributed by atoms with Crippen LogP contribution in [0.1, 0.15) is 25.8 Å². The molecule has 114 valence electrons. The van der Waals surface area contributed by atoms with Gasteiger partial charge in [-0.3, -0.25) is 0 Å². The number of halogens is 1. The highest BCUT2D eigenvalue weighted by molar-refractivity contribution is 5.54. The van der Waals surface area contributed by atoms with Crippen LogP contribution < -0.4 is 10.2 Å². The second-order valence-electron chi connectivity index (χ2n) is 5.52. The second kappa shape index (κ2) is 8.93. The summed E-state index contributed by atoms with van der Waals surface area (Å²) in [4.78, 5) is 2.02. The lowest BCUT2D eigenvalue weighted by atomic mass is 10.1. The van der Waals surface area contributed by atoms with Crippen molar-refractivity contribution in [1.82, 2.24) is 5.32 Å². The van der Waals surface area contributed by atoms with E-state index in [1.54, 1.807) is 13.2 Å². The Bertz CT molecular complexity index is 396. The fourth-order valence-electron chi connectivity index (χ4n) is 2.09. The number of hydrogen-bond acceptors (Lipinski definition) is 3. The van der Waals surface area contributed by atoms with Gasteiger partial charge in [0.1, 0.15) is 5.82 Å². The number of anilines is 1. The van der Waals surface area contributed by atoms with Gasteiger partial charge in [0.25, 0.3) is 0 Å². The molecule has 20 heavy (non-hydrogen) atoms. The van der Waals surface area contributed by atoms with Gasteiger partial charge in [0.05, 0.1) is 12.3 Å². The van der Waals surface area contributed by atoms with E-state index in [1.807, 2.05) is 18.0 Å². The topological polar surface area (TPSA) is 24.5 Å². The summed E-state index contributed by atoms with van der Waals surface area (Å²) in [5.74, 6) is 0.467. The summed E-state index contributed by atoms with van der Waals surface area (Å²) < 4.78 is 19.1. The third-order valence-electron chi connectivity index (χ3n) is 3.29. The van der Waals surface area contributed by atoms with Crippen molar-refractivity contribution in [2.45, 2.75) is 26.8 Å². The van der Waals surface area contributed by atoms with Gasteiger partial charge in [-0.1, -0.05) is 26.0 Å². The number of ether oxygens (including phenoxy) is 1. The predicted molar refractivity (Wildman–Crippen MR) is 82.7 cm³/mol. The highest BCUT2D eigenvalue weighted by Crippen LogP contribution is 2.24. The molecule has 0 atom stereocenters. The van der Waals surface area contributed by atoms with Gasteiger partial charge in [-0.25, -0.2) is 4.39 Å². The van der Waals surface area contributed by atoms with Crippen molar-refractivity contribution in [2.24, 2.45) is 5.92 Å². The fraction of sp³-hybridized carbons (Fsp3) is 0.625. The molecule has 0 bridgehead atoms. The van der Waals surface area contributed by atoms with Gasteiger partial charge in [0.15, 0.2) is 0 Å². The highest BCUT2D eigenvalue weighted by atomic mass is 19.1. The van der Waals surface area contributed by atoms with Crippen molar-refractivity contribution in [3.05, 3.63) is 29.6 Å². The minimum atomic E-state index is -0.151. The van der Waals surface area contributed by atoms with Crippen molar-refractivity contribution in [3.63, 3.8) is 0 Å². The summed E-state index contributed by atoms with van der Waals surface area (Å²) >= 11 is 0. The molecule has 0 saturated heterocycles. The monoisotopic (exact) mass is 282 g/mol. The predicted octanol–water partition coefficient (Wildman–Crippen LogP) is 3.04. The van der Waals surface area contributed by atoms with E-state index in [9.17, 15) is 4.39 Å². The van der Waals surface area contributed by atoms with Crippen LogP contribution in [0.4, 0.5) is 10.1 Å². The summed E-state index contributed by atoms with van der Waals surface area (Å²) in [6.07, 6.45) is 1.06. The standard InChI is InChI=1S/C16H27FN2O/c1-13(2)8-10-19(3)16-14(6-5-7-15(16)17)12-18-9-11-20-4/h5-7,13,18H,8-12H2,1-4H3. The Morgan fingerprint density at radius 1 is 1.35 bits per heavy atom. The zero-order valence-corrected chi connectivity index (χ0v) is 13.1. The van der Waals surface area contributed by atoms with E-state index in [-0.39, 0.29) is 5.82 Å². The third kappa shape index (κ3) is 5.47. The number of hydrogen-bond donors (Lipinski definition) is 1. The van der Waals surface area contributed by atoms with Crippen LogP contribution in [0.5, 0.6) is 0 Å². The van der Waals surface area contributed by atoms with Crippen LogP contribution in [0.2, 0.25) is 0 Å². The van der Waals surface area contributed by atoms with E-state index in [1.165, 1.54) is 6.07 Å². The molecule has 0 fully saturated rings. The molecule has 3 nitrogen and oxygen atoms in total. The maximum absolute atomic E-state index is 14.1. The van der Waals surface area contributed by atoms with Crippen LogP contribution in [-0.4, -0.2) is 33.9 Å². The quantitative estimate of drug-likeness (QED) is 0.705. The van der Waals surface area contributed by atoms with E-state index in [0.29, 0.717) is 24.8 Å². The van der Waals surface area contributed by atoms with Gasteiger partial charge >= 0.3 is 0 Å². The molecule has 0 aliphatic heterocycles. The minimum Gasteiger partial charge on any atom is -0.383 e. The summed E-state index contributed by atoms with van der Waals surface area (Å²) in [5.41, 5.74) is 1.70. The first-order valence-electron chi connectivity index (χ1n) is 7.24. The first-order valence-corrected chi connectivity index (χ1v) is 7.24. The molecule has 0 saturated carbocycles. The highest BCUT2D eigenvalue weighted by Gasteiger charge is 2.13. The Labute approximate surface area is 122 Å². The van der Waals surface area contributed by atoms with E-state index in [2.05, 4.69) is 19.2 Å². The van der Waals surface area contributed by atoms with Crippen molar-refractivity contribution in [3.8, 4) is 0 Å². The summed E-state index contributed by atoms with van der Waals surface area (Å²) in [7, 11) is 3.63. The normalized spacial score (nSPS) is 11.1. The molecule has 0 radical (unpaired) electrons. The Kier molecular flexibility index (Phi) is 7.55. The van der Waals surface area contributed by atoms with E-state index < -0.39 is 0 Å². The van der Waals surface area contributed by atoms with Crippen LogP contribution in [0.15, 0.2) is 18.2 Å². The summed E-state index contributed by atoms with van der Waals surface area (Å²) in [5, 5.41) is 3.27. The lowest BCUT2D eigenvalue weighted by Crippen LogP contribution is -2.25. The number of para-hydroxylation sites is 1. The van der Waals surface area contributed by atoms with Crippen molar-refractivity contribution in [2.75, 3.05) is 38.8 Å². The maximum Gasteiger partial charge on any atom is 0.146 e. The lowest BCUT2D eigenvalue weighted by molar-refractivity contribution is 0.199. The molecule has 0 unspecified atom stereocenters. The van der Waals surface area contributed by atoms with E-state index in [4.69, 9.17) is 4.74 Å². The molecule has 4 heteroatoms. The zero-order valence-electron chi connectivity index (χ0n) is 13.1. The first-order chi connectivity index (χ1) is 9.56. The smallest absolute Gasteiger partial charge is 0.146 e. The van der Waals surface area contributed by atoms with Crippen molar-refractivity contribution >= 4 is 5.69 Å². The first kappa shape index (κ1) is 16.9. The Hall–Kier alpha value is -1.13. The molecule has 0 amide bonds. The zero-order chi connectivity index (χ0) is 15.0. The molecule has 1 rings (SSSR count). The fourth-order valence-corrected chi connectivity index (χ4v) is 2.09. The average Bonchev–Trinajstić information content (AvgIpc) is 2.41. The SMILES string of the molecule is COCCNCc1cccc(F)c1N(C)CCC(C)C. The van der Waals surface area contributed by atoms with E-state index >= 15 is 0 Å². The molecule has 0 aliphatic carbocycles. The van der Waals surface area contributed by atoms with Crippen LogP contribution in [0.3, 0.4) is 0 Å². The summed E-state index contributed by atoms with van der Waals surface area (Å²) in [6, 6.07) is 5.27. The van der Waals surface area contributed by atoms with Gasteiger partial charge in [-0.2, -0.15) is 0 Å². The van der Waals surface area contributed by atoms with Gasteiger partial charge in [-0.15, -0.1) is 0 Å². The van der Waals surface area contributed by atoms with Crippen molar-refractivity contribution < 1.29 is 9.13 Å². The Morgan fingerprint density at radius 3 is 2.75 bits per heavy atom. The molecule has 0 aromatic heterocycles. The Balaban J connectivity index is 2.71. The Morgan fingerprint density at radius 2 is 2.10 bits per heavy atom. The van der Waals surface area contributed by atoms with Gasteiger partial charge in [0.2, 0.25) is 0 Å². The average molecular weight is 282 g/mol. The van der Waals surface area contributed by atoms with Crippen LogP contribution >= 0.6 is 0 Å². The molecule has 0 heterocycles. The number of rotatable bonds is 9. The minimum absolute atomic E-state index is 0.151. The van der Waals surface area contributed by atoms with Gasteiger partial charge < -0.3 is 15.0 Å². The van der Waals surface area contributed by atoms with Crippen LogP contribution in [0.25, 0.3) is 0 Å². The third-order valence-corrected chi connectivity index (χ3v) is 3.29. The number of methoxy groups -OCH3 is 1. The number of benzene rings is 1. The van der Waals surface area contributed by atoms with Gasteiger partial charge in [0, 0.05) is 33.8 Å². The van der Waals surface area contributed by atoms with Crippen LogP contribution in [-0.2, 0) is 11.3 Å².